The van der Waals surface area contributed by atoms with Crippen LogP contribution >= 0.6 is 0 Å². The first kappa shape index (κ1) is 11.6. The molecule has 0 aliphatic rings. The Morgan fingerprint density at radius 1 is 1.12 bits per heavy atom. The van der Waals surface area contributed by atoms with Crippen LogP contribution in [-0.2, 0) is 6.32 Å². The standard InChI is InChI=1S/C14H12BFN/c16-14-3-1-2-13(8-14)15-9-11-4-6-12(10-17)7-5-11/h1-8,10,17H,9H2/q-1/p+1. The van der Waals surface area contributed by atoms with Gasteiger partial charge in [0.15, 0.2) is 6.21 Å². The minimum Gasteiger partial charge on any atom is -0.291 e. The van der Waals surface area contributed by atoms with Crippen molar-refractivity contribution in [2.75, 3.05) is 0 Å². The molecule has 3 heteroatoms. The Kier molecular flexibility index (Phi) is 3.71. The molecule has 0 fully saturated rings. The van der Waals surface area contributed by atoms with Crippen molar-refractivity contribution >= 4 is 19.0 Å². The number of hydrogen-bond donors (Lipinski definition) is 1. The van der Waals surface area contributed by atoms with Crippen molar-refractivity contribution in [1.29, 1.82) is 0 Å². The van der Waals surface area contributed by atoms with E-state index >= 15 is 0 Å². The van der Waals surface area contributed by atoms with Crippen molar-refractivity contribution in [2.45, 2.75) is 6.32 Å². The fraction of sp³-hybridized carbons (Fsp3) is 0.0714. The van der Waals surface area contributed by atoms with E-state index in [9.17, 15) is 4.39 Å². The van der Waals surface area contributed by atoms with Crippen LogP contribution in [0.2, 0.25) is 0 Å². The molecule has 0 aliphatic carbocycles. The van der Waals surface area contributed by atoms with Gasteiger partial charge in [0.1, 0.15) is 5.82 Å². The SMILES string of the molecule is [NH2+]=Cc1ccc(C[B-]c2cccc(F)c2)cc1. The van der Waals surface area contributed by atoms with Gasteiger partial charge in [-0.2, -0.15) is 0 Å². The number of hydrogen-bond acceptors (Lipinski definition) is 0. The molecule has 0 saturated heterocycles. The Balaban J connectivity index is 1.99. The van der Waals surface area contributed by atoms with Crippen LogP contribution in [0, 0.1) is 5.82 Å². The molecule has 0 aliphatic heterocycles. The third-order valence-electron chi connectivity index (χ3n) is 2.59. The first-order valence-electron chi connectivity index (χ1n) is 5.50. The second kappa shape index (κ2) is 5.44. The van der Waals surface area contributed by atoms with E-state index < -0.39 is 0 Å². The Bertz CT molecular complexity index is 508. The zero-order valence-corrected chi connectivity index (χ0v) is 9.44. The van der Waals surface area contributed by atoms with Crippen molar-refractivity contribution < 1.29 is 9.80 Å². The van der Waals surface area contributed by atoms with E-state index in [1.54, 1.807) is 12.3 Å². The topological polar surface area (TPSA) is 25.6 Å². The Labute approximate surface area is 101 Å². The van der Waals surface area contributed by atoms with Crippen molar-refractivity contribution in [3.63, 3.8) is 0 Å². The Morgan fingerprint density at radius 3 is 2.53 bits per heavy atom. The van der Waals surface area contributed by atoms with Gasteiger partial charge >= 0.3 is 0 Å². The van der Waals surface area contributed by atoms with Gasteiger partial charge in [-0.15, -0.1) is 6.07 Å². The lowest BCUT2D eigenvalue weighted by Gasteiger charge is -2.15. The summed E-state index contributed by atoms with van der Waals surface area (Å²) in [5, 5.41) is 5.41. The van der Waals surface area contributed by atoms with E-state index in [1.807, 2.05) is 37.6 Å². The van der Waals surface area contributed by atoms with Crippen LogP contribution in [0.15, 0.2) is 48.5 Å². The number of benzene rings is 2. The molecule has 17 heavy (non-hydrogen) atoms. The summed E-state index contributed by atoms with van der Waals surface area (Å²) in [6.45, 7) is 0. The molecular formula is C14H13BFN. The highest BCUT2D eigenvalue weighted by molar-refractivity contribution is 6.52. The van der Waals surface area contributed by atoms with E-state index in [0.29, 0.717) is 0 Å². The summed E-state index contributed by atoms with van der Waals surface area (Å²) in [7, 11) is 2.00. The molecule has 1 nitrogen and oxygen atoms in total. The Hall–Kier alpha value is -1.90. The molecule has 2 radical (unpaired) electrons. The van der Waals surface area contributed by atoms with Gasteiger partial charge in [0.05, 0.1) is 0 Å². The number of rotatable bonds is 4. The highest BCUT2D eigenvalue weighted by atomic mass is 19.1. The largest absolute Gasteiger partial charge is 0.291 e. The minimum atomic E-state index is -0.202. The lowest BCUT2D eigenvalue weighted by atomic mass is 9.65. The van der Waals surface area contributed by atoms with Crippen LogP contribution in [0.1, 0.15) is 11.1 Å². The first-order chi connectivity index (χ1) is 8.28. The van der Waals surface area contributed by atoms with Gasteiger partial charge in [0.25, 0.3) is 0 Å². The summed E-state index contributed by atoms with van der Waals surface area (Å²) in [6, 6.07) is 14.6. The van der Waals surface area contributed by atoms with Crippen LogP contribution in [0.3, 0.4) is 0 Å². The fourth-order valence-corrected chi connectivity index (χ4v) is 1.63. The lowest BCUT2D eigenvalue weighted by Crippen LogP contribution is -2.29. The van der Waals surface area contributed by atoms with Crippen molar-refractivity contribution in [3.8, 4) is 0 Å². The predicted molar refractivity (Wildman–Crippen MR) is 69.0 cm³/mol. The number of nitrogens with two attached hydrogens (primary N) is 1. The van der Waals surface area contributed by atoms with E-state index in [4.69, 9.17) is 5.41 Å². The van der Waals surface area contributed by atoms with Gasteiger partial charge in [0, 0.05) is 5.56 Å². The molecule has 0 unspecified atom stereocenters. The van der Waals surface area contributed by atoms with Crippen molar-refractivity contribution in [3.05, 3.63) is 65.5 Å². The molecule has 0 spiro atoms. The van der Waals surface area contributed by atoms with Gasteiger partial charge in [-0.1, -0.05) is 29.8 Å². The normalized spacial score (nSPS) is 10.2. The summed E-state index contributed by atoms with van der Waals surface area (Å²) in [6.07, 6.45) is 2.36. The predicted octanol–water partition coefficient (Wildman–Crippen LogP) is 0.533. The molecule has 0 atom stereocenters. The van der Waals surface area contributed by atoms with E-state index in [-0.39, 0.29) is 5.82 Å². The maximum atomic E-state index is 13.0. The molecule has 0 saturated carbocycles. The minimum absolute atomic E-state index is 0.202. The maximum absolute atomic E-state index is 13.0. The quantitative estimate of drug-likeness (QED) is 0.580. The van der Waals surface area contributed by atoms with Crippen LogP contribution < -0.4 is 10.9 Å². The monoisotopic (exact) mass is 225 g/mol. The van der Waals surface area contributed by atoms with Crippen LogP contribution in [0.5, 0.6) is 0 Å². The van der Waals surface area contributed by atoms with Gasteiger partial charge in [-0.3, -0.25) is 18.2 Å². The summed E-state index contributed by atoms with van der Waals surface area (Å²) >= 11 is 0. The Morgan fingerprint density at radius 2 is 1.88 bits per heavy atom. The summed E-state index contributed by atoms with van der Waals surface area (Å²) in [5.41, 5.74) is 3.08. The molecule has 84 valence electrons. The average Bonchev–Trinajstić information content (AvgIpc) is 2.37. The van der Waals surface area contributed by atoms with Crippen LogP contribution in [0.25, 0.3) is 0 Å². The average molecular weight is 225 g/mol. The highest BCUT2D eigenvalue weighted by Crippen LogP contribution is 2.02. The van der Waals surface area contributed by atoms with Gasteiger partial charge in [-0.05, 0) is 18.2 Å². The van der Waals surface area contributed by atoms with E-state index in [1.165, 1.54) is 17.7 Å². The zero-order valence-electron chi connectivity index (χ0n) is 9.44. The molecule has 0 heterocycles. The summed E-state index contributed by atoms with van der Waals surface area (Å²) < 4.78 is 13.0. The molecule has 2 N–H and O–H groups in total. The van der Waals surface area contributed by atoms with Crippen molar-refractivity contribution in [1.82, 2.24) is 0 Å². The molecular weight excluding hydrogens is 212 g/mol. The van der Waals surface area contributed by atoms with E-state index in [2.05, 4.69) is 0 Å². The molecule has 0 aromatic heterocycles. The molecule has 2 aromatic rings. The molecule has 2 rings (SSSR count). The maximum Gasteiger partial charge on any atom is 0.167 e. The van der Waals surface area contributed by atoms with Crippen LogP contribution in [-0.4, -0.2) is 13.5 Å². The third-order valence-corrected chi connectivity index (χ3v) is 2.59. The molecule has 0 bridgehead atoms. The third kappa shape index (κ3) is 3.28. The highest BCUT2D eigenvalue weighted by Gasteiger charge is 1.90. The zero-order chi connectivity index (χ0) is 12.1. The lowest BCUT2D eigenvalue weighted by molar-refractivity contribution is -0.104. The smallest absolute Gasteiger partial charge is 0.167 e. The van der Waals surface area contributed by atoms with Gasteiger partial charge < -0.3 is 0 Å². The van der Waals surface area contributed by atoms with Crippen molar-refractivity contribution in [2.24, 2.45) is 0 Å². The van der Waals surface area contributed by atoms with Gasteiger partial charge in [-0.25, -0.2) is 10.7 Å². The van der Waals surface area contributed by atoms with Crippen LogP contribution in [0.4, 0.5) is 4.39 Å². The van der Waals surface area contributed by atoms with E-state index in [0.717, 1.165) is 17.3 Å². The summed E-state index contributed by atoms with van der Waals surface area (Å²) in [4.78, 5) is 0. The van der Waals surface area contributed by atoms with Gasteiger partial charge in [0.2, 0.25) is 0 Å². The summed E-state index contributed by atoms with van der Waals surface area (Å²) in [5.74, 6) is -0.202. The second-order valence-corrected chi connectivity index (χ2v) is 3.87. The number of halogens is 1. The molecule has 2 aromatic carbocycles. The fourth-order valence-electron chi connectivity index (χ4n) is 1.63. The second-order valence-electron chi connectivity index (χ2n) is 3.87. The molecule has 0 amide bonds. The first-order valence-corrected chi connectivity index (χ1v) is 5.50.